The average molecular weight is 608 g/mol. The molecule has 164 valence electrons. The third-order valence-electron chi connectivity index (χ3n) is 4.37. The number of nitrogens with one attached hydrogen (secondary N) is 1. The lowest BCUT2D eigenvalue weighted by atomic mass is 10.1. The standard InChI is InChI=1S/C24H19BrINO5/c1-31-21-13-16(11-19(25)22(21)32-14-15-7-9-18(26)10-8-15)12-20(24(29)30)27-23(28)17-5-3-2-4-6-17/h2-13H,14H2,1H3,(H,27,28)(H,29,30). The van der Waals surface area contributed by atoms with Crippen LogP contribution in [0.3, 0.4) is 0 Å². The maximum Gasteiger partial charge on any atom is 0.352 e. The first-order valence-corrected chi connectivity index (χ1v) is 11.3. The van der Waals surface area contributed by atoms with Gasteiger partial charge in [0.15, 0.2) is 11.5 Å². The van der Waals surface area contributed by atoms with Crippen molar-refractivity contribution in [2.24, 2.45) is 0 Å². The number of aliphatic carboxylic acids is 1. The molecule has 0 atom stereocenters. The van der Waals surface area contributed by atoms with E-state index in [0.717, 1.165) is 9.13 Å². The van der Waals surface area contributed by atoms with Crippen molar-refractivity contribution in [3.63, 3.8) is 0 Å². The van der Waals surface area contributed by atoms with Gasteiger partial charge in [-0.1, -0.05) is 30.3 Å². The van der Waals surface area contributed by atoms with Crippen molar-refractivity contribution in [2.75, 3.05) is 7.11 Å². The zero-order valence-corrected chi connectivity index (χ0v) is 20.7. The zero-order valence-electron chi connectivity index (χ0n) is 17.0. The molecule has 0 aliphatic carbocycles. The Bertz CT molecular complexity index is 1150. The summed E-state index contributed by atoms with van der Waals surface area (Å²) in [7, 11) is 1.50. The van der Waals surface area contributed by atoms with Gasteiger partial charge in [-0.25, -0.2) is 4.79 Å². The number of carbonyl (C=O) groups is 2. The molecule has 0 saturated heterocycles. The van der Waals surface area contributed by atoms with Gasteiger partial charge in [0, 0.05) is 9.13 Å². The van der Waals surface area contributed by atoms with E-state index in [1.807, 2.05) is 24.3 Å². The lowest BCUT2D eigenvalue weighted by Crippen LogP contribution is -2.27. The fourth-order valence-corrected chi connectivity index (χ4v) is 3.74. The largest absolute Gasteiger partial charge is 0.493 e. The summed E-state index contributed by atoms with van der Waals surface area (Å²) >= 11 is 5.71. The molecule has 0 bridgehead atoms. The smallest absolute Gasteiger partial charge is 0.352 e. The summed E-state index contributed by atoms with van der Waals surface area (Å²) < 4.78 is 13.1. The van der Waals surface area contributed by atoms with Gasteiger partial charge in [-0.05, 0) is 92.1 Å². The topological polar surface area (TPSA) is 84.9 Å². The van der Waals surface area contributed by atoms with Crippen molar-refractivity contribution in [3.8, 4) is 11.5 Å². The van der Waals surface area contributed by atoms with Crippen molar-refractivity contribution < 1.29 is 24.2 Å². The Morgan fingerprint density at radius 1 is 1.09 bits per heavy atom. The van der Waals surface area contributed by atoms with Crippen LogP contribution in [0.4, 0.5) is 0 Å². The number of carboxylic acid groups (broad SMARTS) is 1. The molecule has 0 aromatic heterocycles. The lowest BCUT2D eigenvalue weighted by molar-refractivity contribution is -0.132. The maximum atomic E-state index is 12.4. The molecule has 0 aliphatic heterocycles. The second-order valence-corrected chi connectivity index (χ2v) is 8.73. The molecule has 0 aliphatic rings. The highest BCUT2D eigenvalue weighted by Gasteiger charge is 2.16. The predicted molar refractivity (Wildman–Crippen MR) is 134 cm³/mol. The highest BCUT2D eigenvalue weighted by Crippen LogP contribution is 2.37. The number of rotatable bonds is 8. The van der Waals surface area contributed by atoms with Crippen molar-refractivity contribution in [1.29, 1.82) is 0 Å². The highest BCUT2D eigenvalue weighted by atomic mass is 127. The molecular weight excluding hydrogens is 589 g/mol. The van der Waals surface area contributed by atoms with Crippen LogP contribution in [0, 0.1) is 3.57 Å². The van der Waals surface area contributed by atoms with E-state index in [9.17, 15) is 14.7 Å². The van der Waals surface area contributed by atoms with Gasteiger partial charge in [0.05, 0.1) is 11.6 Å². The third kappa shape index (κ3) is 6.33. The normalized spacial score (nSPS) is 11.0. The molecule has 0 radical (unpaired) electrons. The third-order valence-corrected chi connectivity index (χ3v) is 5.68. The summed E-state index contributed by atoms with van der Waals surface area (Å²) in [6.07, 6.45) is 1.36. The number of carbonyl (C=O) groups excluding carboxylic acids is 1. The van der Waals surface area contributed by atoms with Crippen LogP contribution in [0.1, 0.15) is 21.5 Å². The Hall–Kier alpha value is -2.85. The Morgan fingerprint density at radius 2 is 1.78 bits per heavy atom. The SMILES string of the molecule is COc1cc(C=C(NC(=O)c2ccccc2)C(=O)O)cc(Br)c1OCc1ccc(I)cc1. The average Bonchev–Trinajstić information content (AvgIpc) is 2.79. The number of hydrogen-bond acceptors (Lipinski definition) is 4. The van der Waals surface area contributed by atoms with Crippen molar-refractivity contribution in [2.45, 2.75) is 6.61 Å². The van der Waals surface area contributed by atoms with Gasteiger partial charge in [-0.15, -0.1) is 0 Å². The summed E-state index contributed by atoms with van der Waals surface area (Å²) in [5, 5.41) is 12.0. The molecule has 6 nitrogen and oxygen atoms in total. The molecule has 2 N–H and O–H groups in total. The van der Waals surface area contributed by atoms with Gasteiger partial charge in [-0.2, -0.15) is 0 Å². The number of methoxy groups -OCH3 is 1. The van der Waals surface area contributed by atoms with Crippen molar-refractivity contribution >= 4 is 56.5 Å². The Balaban J connectivity index is 1.83. The van der Waals surface area contributed by atoms with E-state index in [1.165, 1.54) is 13.2 Å². The first kappa shape index (κ1) is 23.8. The maximum absolute atomic E-state index is 12.4. The minimum Gasteiger partial charge on any atom is -0.493 e. The summed E-state index contributed by atoms with van der Waals surface area (Å²) in [5.74, 6) is -0.852. The number of ether oxygens (including phenoxy) is 2. The van der Waals surface area contributed by atoms with Crippen LogP contribution in [0.25, 0.3) is 6.08 Å². The van der Waals surface area contributed by atoms with Gasteiger partial charge >= 0.3 is 5.97 Å². The van der Waals surface area contributed by atoms with Crippen LogP contribution in [-0.2, 0) is 11.4 Å². The second kappa shape index (κ2) is 11.1. The number of benzene rings is 3. The fourth-order valence-electron chi connectivity index (χ4n) is 2.80. The highest BCUT2D eigenvalue weighted by molar-refractivity contribution is 14.1. The quantitative estimate of drug-likeness (QED) is 0.261. The lowest BCUT2D eigenvalue weighted by Gasteiger charge is -2.14. The molecule has 0 spiro atoms. The van der Waals surface area contributed by atoms with E-state index in [4.69, 9.17) is 9.47 Å². The fraction of sp³-hybridized carbons (Fsp3) is 0.0833. The first-order chi connectivity index (χ1) is 15.4. The van der Waals surface area contributed by atoms with Crippen molar-refractivity contribution in [1.82, 2.24) is 5.32 Å². The number of carboxylic acids is 1. The molecule has 3 rings (SSSR count). The molecule has 0 unspecified atom stereocenters. The Labute approximate surface area is 207 Å². The van der Waals surface area contributed by atoms with E-state index in [1.54, 1.807) is 42.5 Å². The summed E-state index contributed by atoms with van der Waals surface area (Å²) in [5.41, 5.74) is 1.61. The van der Waals surface area contributed by atoms with Gasteiger partial charge in [-0.3, -0.25) is 4.79 Å². The minimum absolute atomic E-state index is 0.264. The van der Waals surface area contributed by atoms with Crippen LogP contribution in [-0.4, -0.2) is 24.1 Å². The number of amides is 1. The molecule has 0 fully saturated rings. The monoisotopic (exact) mass is 607 g/mol. The summed E-state index contributed by atoms with van der Waals surface area (Å²) in [6, 6.07) is 19.7. The van der Waals surface area contributed by atoms with Crippen LogP contribution < -0.4 is 14.8 Å². The number of halogens is 2. The molecule has 0 heterocycles. The zero-order chi connectivity index (χ0) is 23.1. The molecule has 1 amide bonds. The van der Waals surface area contributed by atoms with Crippen molar-refractivity contribution in [3.05, 3.63) is 97.2 Å². The molecule has 8 heteroatoms. The van der Waals surface area contributed by atoms with E-state index in [-0.39, 0.29) is 5.70 Å². The van der Waals surface area contributed by atoms with Gasteiger partial charge in [0.25, 0.3) is 5.91 Å². The predicted octanol–water partition coefficient (Wildman–Crippen LogP) is 5.50. The van der Waals surface area contributed by atoms with E-state index in [2.05, 4.69) is 43.8 Å². The Kier molecular flexibility index (Phi) is 8.29. The number of hydrogen-bond donors (Lipinski definition) is 2. The Morgan fingerprint density at radius 3 is 2.41 bits per heavy atom. The molecule has 32 heavy (non-hydrogen) atoms. The molecule has 0 saturated carbocycles. The van der Waals surface area contributed by atoms with E-state index in [0.29, 0.717) is 33.7 Å². The van der Waals surface area contributed by atoms with Gasteiger partial charge in [0.1, 0.15) is 12.3 Å². The summed E-state index contributed by atoms with van der Waals surface area (Å²) in [6.45, 7) is 0.342. The van der Waals surface area contributed by atoms with Gasteiger partial charge < -0.3 is 19.9 Å². The molecular formula is C24H19BrINO5. The van der Waals surface area contributed by atoms with Crippen LogP contribution in [0.5, 0.6) is 11.5 Å². The van der Waals surface area contributed by atoms with E-state index >= 15 is 0 Å². The van der Waals surface area contributed by atoms with Crippen LogP contribution in [0.2, 0.25) is 0 Å². The second-order valence-electron chi connectivity index (χ2n) is 6.63. The molecule has 3 aromatic carbocycles. The van der Waals surface area contributed by atoms with Crippen LogP contribution in [0.15, 0.2) is 76.9 Å². The minimum atomic E-state index is -1.26. The van der Waals surface area contributed by atoms with E-state index < -0.39 is 11.9 Å². The summed E-state index contributed by atoms with van der Waals surface area (Å²) in [4.78, 5) is 24.1. The first-order valence-electron chi connectivity index (χ1n) is 9.43. The van der Waals surface area contributed by atoms with Crippen LogP contribution >= 0.6 is 38.5 Å². The molecule has 3 aromatic rings. The van der Waals surface area contributed by atoms with Gasteiger partial charge in [0.2, 0.25) is 0 Å².